The van der Waals surface area contributed by atoms with E-state index in [0.29, 0.717) is 5.69 Å². The molecular weight excluding hydrogens is 346 g/mol. The number of rotatable bonds is 5. The molecule has 1 aliphatic heterocycles. The summed E-state index contributed by atoms with van der Waals surface area (Å²) in [7, 11) is 0. The number of nitrogens with zero attached hydrogens (tertiary/aromatic N) is 1. The van der Waals surface area contributed by atoms with Crippen molar-refractivity contribution >= 4 is 29.0 Å². The topological polar surface area (TPSA) is 41.6 Å². The van der Waals surface area contributed by atoms with Crippen LogP contribution in [0.2, 0.25) is 0 Å². The van der Waals surface area contributed by atoms with Crippen LogP contribution in [0.5, 0.6) is 0 Å². The molecule has 0 bridgehead atoms. The second-order valence-corrected chi connectivity index (χ2v) is 6.58. The Bertz CT molecular complexity index is 734. The van der Waals surface area contributed by atoms with E-state index in [-0.39, 0.29) is 16.6 Å². The zero-order valence-electron chi connectivity index (χ0n) is 13.5. The van der Waals surface area contributed by atoms with Gasteiger partial charge < -0.3 is 15.0 Å². The zero-order valence-corrected chi connectivity index (χ0v) is 14.3. The first kappa shape index (κ1) is 17.7. The van der Waals surface area contributed by atoms with Crippen LogP contribution in [0.1, 0.15) is 0 Å². The van der Waals surface area contributed by atoms with E-state index in [1.807, 2.05) is 24.3 Å². The summed E-state index contributed by atoms with van der Waals surface area (Å²) in [5.41, 5.74) is 1.77. The van der Waals surface area contributed by atoms with Crippen LogP contribution in [0.25, 0.3) is 0 Å². The molecule has 132 valence electrons. The van der Waals surface area contributed by atoms with Crippen molar-refractivity contribution in [2.24, 2.45) is 0 Å². The number of ether oxygens (including phenoxy) is 1. The van der Waals surface area contributed by atoms with Crippen LogP contribution in [0.4, 0.5) is 20.2 Å². The fourth-order valence-corrected chi connectivity index (χ4v) is 3.23. The Morgan fingerprint density at radius 3 is 2.52 bits per heavy atom. The number of nitrogens with one attached hydrogen (secondary N) is 1. The number of carbonyl (C=O) groups is 1. The van der Waals surface area contributed by atoms with Crippen molar-refractivity contribution in [1.29, 1.82) is 0 Å². The van der Waals surface area contributed by atoms with Crippen molar-refractivity contribution in [1.82, 2.24) is 0 Å². The maximum absolute atomic E-state index is 13.5. The number of morpholine rings is 1. The predicted octanol–water partition coefficient (Wildman–Crippen LogP) is 3.53. The van der Waals surface area contributed by atoms with Crippen LogP contribution in [0.3, 0.4) is 0 Å². The normalized spacial score (nSPS) is 14.4. The zero-order chi connectivity index (χ0) is 17.6. The lowest BCUT2D eigenvalue weighted by Gasteiger charge is -2.28. The number of benzene rings is 2. The smallest absolute Gasteiger partial charge is 0.234 e. The van der Waals surface area contributed by atoms with Gasteiger partial charge in [-0.2, -0.15) is 0 Å². The van der Waals surface area contributed by atoms with Gasteiger partial charge in [-0.25, -0.2) is 8.78 Å². The molecule has 2 aromatic carbocycles. The van der Waals surface area contributed by atoms with Gasteiger partial charge in [-0.3, -0.25) is 4.79 Å². The number of hydrogen-bond donors (Lipinski definition) is 1. The predicted molar refractivity (Wildman–Crippen MR) is 95.2 cm³/mol. The summed E-state index contributed by atoms with van der Waals surface area (Å²) in [5, 5.41) is 2.77. The first-order chi connectivity index (χ1) is 12.1. The molecular formula is C18H18F2N2O2S. The van der Waals surface area contributed by atoms with Gasteiger partial charge in [0.05, 0.1) is 19.0 Å². The highest BCUT2D eigenvalue weighted by molar-refractivity contribution is 8.00. The van der Waals surface area contributed by atoms with Gasteiger partial charge in [0, 0.05) is 35.4 Å². The number of amides is 1. The molecule has 0 unspecified atom stereocenters. The molecule has 2 aromatic rings. The maximum Gasteiger partial charge on any atom is 0.234 e. The van der Waals surface area contributed by atoms with Crippen molar-refractivity contribution in [3.63, 3.8) is 0 Å². The van der Waals surface area contributed by atoms with E-state index in [4.69, 9.17) is 4.74 Å². The quantitative estimate of drug-likeness (QED) is 0.824. The maximum atomic E-state index is 13.5. The average Bonchev–Trinajstić information content (AvgIpc) is 2.62. The largest absolute Gasteiger partial charge is 0.378 e. The number of thioether (sulfide) groups is 1. The molecule has 1 fully saturated rings. The Kier molecular flexibility index (Phi) is 5.88. The van der Waals surface area contributed by atoms with Crippen LogP contribution in [-0.4, -0.2) is 38.0 Å². The third kappa shape index (κ3) is 4.93. The van der Waals surface area contributed by atoms with Gasteiger partial charge in [-0.1, -0.05) is 0 Å². The highest BCUT2D eigenvalue weighted by Crippen LogP contribution is 2.23. The van der Waals surface area contributed by atoms with Crippen LogP contribution < -0.4 is 10.2 Å². The van der Waals surface area contributed by atoms with Crippen LogP contribution in [-0.2, 0) is 9.53 Å². The van der Waals surface area contributed by atoms with Gasteiger partial charge in [0.1, 0.15) is 11.6 Å². The fraction of sp³-hybridized carbons (Fsp3) is 0.278. The minimum atomic E-state index is -0.660. The molecule has 0 radical (unpaired) electrons. The minimum Gasteiger partial charge on any atom is -0.378 e. The molecule has 1 saturated heterocycles. The molecule has 1 N–H and O–H groups in total. The molecule has 3 rings (SSSR count). The van der Waals surface area contributed by atoms with Gasteiger partial charge in [-0.05, 0) is 36.4 Å². The number of hydrogen-bond acceptors (Lipinski definition) is 4. The van der Waals surface area contributed by atoms with E-state index >= 15 is 0 Å². The van der Waals surface area contributed by atoms with Gasteiger partial charge in [0.15, 0.2) is 0 Å². The molecule has 0 aliphatic carbocycles. The van der Waals surface area contributed by atoms with Crippen LogP contribution in [0, 0.1) is 11.6 Å². The molecule has 25 heavy (non-hydrogen) atoms. The van der Waals surface area contributed by atoms with Crippen LogP contribution in [0.15, 0.2) is 47.4 Å². The van der Waals surface area contributed by atoms with E-state index in [2.05, 4.69) is 10.2 Å². The second-order valence-electron chi connectivity index (χ2n) is 5.56. The molecule has 1 amide bonds. The first-order valence-corrected chi connectivity index (χ1v) is 8.91. The summed E-state index contributed by atoms with van der Waals surface area (Å²) in [6.07, 6.45) is 0. The molecule has 1 heterocycles. The van der Waals surface area contributed by atoms with Crippen LogP contribution >= 0.6 is 11.8 Å². The standard InChI is InChI=1S/C18H18F2N2O2S/c19-13-1-6-17(16(20)11-13)25-12-18(23)21-14-2-4-15(5-3-14)22-7-9-24-10-8-22/h1-6,11H,7-10,12H2,(H,21,23). The molecule has 0 spiro atoms. The summed E-state index contributed by atoms with van der Waals surface area (Å²) < 4.78 is 31.7. The van der Waals surface area contributed by atoms with Crippen molar-refractivity contribution in [2.45, 2.75) is 4.90 Å². The lowest BCUT2D eigenvalue weighted by molar-refractivity contribution is -0.113. The average molecular weight is 364 g/mol. The lowest BCUT2D eigenvalue weighted by Crippen LogP contribution is -2.36. The second kappa shape index (κ2) is 8.31. The van der Waals surface area contributed by atoms with Crippen molar-refractivity contribution in [3.05, 3.63) is 54.1 Å². The Balaban J connectivity index is 1.52. The van der Waals surface area contributed by atoms with E-state index in [9.17, 15) is 13.6 Å². The van der Waals surface area contributed by atoms with Crippen molar-refractivity contribution in [2.75, 3.05) is 42.3 Å². The molecule has 0 aromatic heterocycles. The first-order valence-electron chi connectivity index (χ1n) is 7.92. The monoisotopic (exact) mass is 364 g/mol. The van der Waals surface area contributed by atoms with Crippen molar-refractivity contribution < 1.29 is 18.3 Å². The highest BCUT2D eigenvalue weighted by atomic mass is 32.2. The van der Waals surface area contributed by atoms with Gasteiger partial charge >= 0.3 is 0 Å². The number of anilines is 2. The Morgan fingerprint density at radius 2 is 1.84 bits per heavy atom. The Labute approximate surface area is 149 Å². The van der Waals surface area contributed by atoms with E-state index in [1.165, 1.54) is 12.1 Å². The van der Waals surface area contributed by atoms with Gasteiger partial charge in [0.25, 0.3) is 0 Å². The summed E-state index contributed by atoms with van der Waals surface area (Å²) in [4.78, 5) is 14.5. The highest BCUT2D eigenvalue weighted by Gasteiger charge is 2.12. The Morgan fingerprint density at radius 1 is 1.12 bits per heavy atom. The van der Waals surface area contributed by atoms with Gasteiger partial charge in [-0.15, -0.1) is 11.8 Å². The van der Waals surface area contributed by atoms with E-state index < -0.39 is 11.6 Å². The van der Waals surface area contributed by atoms with E-state index in [0.717, 1.165) is 49.8 Å². The number of halogens is 2. The molecule has 0 atom stereocenters. The molecule has 1 aliphatic rings. The summed E-state index contributed by atoms with van der Waals surface area (Å²) in [6.45, 7) is 3.14. The van der Waals surface area contributed by atoms with Crippen molar-refractivity contribution in [3.8, 4) is 0 Å². The fourth-order valence-electron chi connectivity index (χ4n) is 2.51. The summed E-state index contributed by atoms with van der Waals surface area (Å²) in [6, 6.07) is 10.9. The third-order valence-electron chi connectivity index (χ3n) is 3.78. The summed E-state index contributed by atoms with van der Waals surface area (Å²) in [5.74, 6) is -1.49. The van der Waals surface area contributed by atoms with E-state index in [1.54, 1.807) is 0 Å². The third-order valence-corrected chi connectivity index (χ3v) is 4.83. The Hall–Kier alpha value is -2.12. The lowest BCUT2D eigenvalue weighted by atomic mass is 10.2. The number of carbonyl (C=O) groups excluding carboxylic acids is 1. The minimum absolute atomic E-state index is 0.0494. The molecule has 7 heteroatoms. The molecule has 4 nitrogen and oxygen atoms in total. The molecule has 0 saturated carbocycles. The SMILES string of the molecule is O=C(CSc1ccc(F)cc1F)Nc1ccc(N2CCOCC2)cc1. The van der Waals surface area contributed by atoms with Gasteiger partial charge in [0.2, 0.25) is 5.91 Å². The summed E-state index contributed by atoms with van der Waals surface area (Å²) >= 11 is 1.03.